The fourth-order valence-corrected chi connectivity index (χ4v) is 4.80. The van der Waals surface area contributed by atoms with Gasteiger partial charge in [-0.2, -0.15) is 0 Å². The maximum atomic E-state index is 12.4. The number of rotatable bonds is 4. The molecule has 1 aliphatic rings. The molecular weight excluding hydrogens is 300 g/mol. The highest BCUT2D eigenvalue weighted by Crippen LogP contribution is 2.23. The maximum absolute atomic E-state index is 12.4. The highest BCUT2D eigenvalue weighted by molar-refractivity contribution is 7.89. The number of hydrogen-bond donors (Lipinski definition) is 1. The van der Waals surface area contributed by atoms with Crippen LogP contribution < -0.4 is 4.72 Å². The van der Waals surface area contributed by atoms with Crippen LogP contribution in [0.15, 0.2) is 16.3 Å². The van der Waals surface area contributed by atoms with Gasteiger partial charge in [0.1, 0.15) is 9.77 Å². The van der Waals surface area contributed by atoms with Crippen LogP contribution >= 0.6 is 11.3 Å². The summed E-state index contributed by atoms with van der Waals surface area (Å²) in [5.41, 5.74) is 0. The Hall–Kier alpha value is -0.960. The van der Waals surface area contributed by atoms with Crippen LogP contribution in [0.2, 0.25) is 0 Å². The average Bonchev–Trinajstić information content (AvgIpc) is 2.90. The van der Waals surface area contributed by atoms with Gasteiger partial charge in [-0.1, -0.05) is 0 Å². The van der Waals surface area contributed by atoms with Crippen molar-refractivity contribution in [3.8, 4) is 0 Å². The molecule has 2 rings (SSSR count). The Morgan fingerprint density at radius 1 is 1.45 bits per heavy atom. The fraction of sp³-hybridized carbons (Fsp3) is 0.583. The molecule has 0 bridgehead atoms. The zero-order valence-corrected chi connectivity index (χ0v) is 13.1. The first-order chi connectivity index (χ1) is 9.44. The van der Waals surface area contributed by atoms with Gasteiger partial charge in [0.2, 0.25) is 10.0 Å². The van der Waals surface area contributed by atoms with Crippen LogP contribution in [0.5, 0.6) is 0 Å². The highest BCUT2D eigenvalue weighted by Gasteiger charge is 2.28. The van der Waals surface area contributed by atoms with Crippen molar-refractivity contribution in [2.45, 2.75) is 23.8 Å². The molecule has 1 fully saturated rings. The zero-order chi connectivity index (χ0) is 14.8. The van der Waals surface area contributed by atoms with E-state index in [0.29, 0.717) is 0 Å². The largest absolute Gasteiger partial charge is 0.465 e. The van der Waals surface area contributed by atoms with Crippen LogP contribution in [-0.4, -0.2) is 52.6 Å². The lowest BCUT2D eigenvalue weighted by Gasteiger charge is -2.29. The third-order valence-corrected chi connectivity index (χ3v) is 5.92. The molecule has 20 heavy (non-hydrogen) atoms. The van der Waals surface area contributed by atoms with Crippen LogP contribution in [0.4, 0.5) is 0 Å². The van der Waals surface area contributed by atoms with Gasteiger partial charge in [-0.3, -0.25) is 0 Å². The first-order valence-electron chi connectivity index (χ1n) is 6.30. The topological polar surface area (TPSA) is 75.7 Å². The molecule has 2 heterocycles. The highest BCUT2D eigenvalue weighted by atomic mass is 32.2. The SMILES string of the molecule is COC(=O)c1sccc1S(=O)(=O)NC1CCN(C)CC1. The third kappa shape index (κ3) is 3.38. The number of esters is 1. The van der Waals surface area contributed by atoms with E-state index in [9.17, 15) is 13.2 Å². The first kappa shape index (κ1) is 15.4. The van der Waals surface area contributed by atoms with Crippen LogP contribution in [0.1, 0.15) is 22.5 Å². The normalized spacial score (nSPS) is 18.1. The minimum absolute atomic E-state index is 0.00766. The number of ether oxygens (including phenoxy) is 1. The monoisotopic (exact) mass is 318 g/mol. The van der Waals surface area contributed by atoms with E-state index in [1.54, 1.807) is 5.38 Å². The van der Waals surface area contributed by atoms with E-state index in [2.05, 4.69) is 14.4 Å². The second-order valence-electron chi connectivity index (χ2n) is 4.80. The predicted octanol–water partition coefficient (Wildman–Crippen LogP) is 0.907. The van der Waals surface area contributed by atoms with Gasteiger partial charge in [-0.05, 0) is 44.4 Å². The number of methoxy groups -OCH3 is 1. The molecule has 1 aromatic heterocycles. The molecule has 1 N–H and O–H groups in total. The van der Waals surface area contributed by atoms with E-state index in [1.165, 1.54) is 13.2 Å². The summed E-state index contributed by atoms with van der Waals surface area (Å²) in [6.45, 7) is 1.72. The Labute approximate surface area is 122 Å². The molecule has 112 valence electrons. The van der Waals surface area contributed by atoms with Crippen molar-refractivity contribution in [3.05, 3.63) is 16.3 Å². The summed E-state index contributed by atoms with van der Waals surface area (Å²) < 4.78 is 32.0. The van der Waals surface area contributed by atoms with Gasteiger partial charge in [0, 0.05) is 6.04 Å². The molecule has 0 amide bonds. The summed E-state index contributed by atoms with van der Waals surface area (Å²) in [7, 11) is -0.427. The number of piperidine rings is 1. The van der Waals surface area contributed by atoms with Crippen LogP contribution in [-0.2, 0) is 14.8 Å². The van der Waals surface area contributed by atoms with E-state index in [0.717, 1.165) is 37.3 Å². The van der Waals surface area contributed by atoms with Crippen molar-refractivity contribution in [1.82, 2.24) is 9.62 Å². The summed E-state index contributed by atoms with van der Waals surface area (Å²) in [5.74, 6) is -0.622. The second kappa shape index (κ2) is 6.21. The lowest BCUT2D eigenvalue weighted by atomic mass is 10.1. The van der Waals surface area contributed by atoms with Gasteiger partial charge >= 0.3 is 5.97 Å². The van der Waals surface area contributed by atoms with Gasteiger partial charge in [-0.15, -0.1) is 11.3 Å². The predicted molar refractivity (Wildman–Crippen MR) is 76.5 cm³/mol. The van der Waals surface area contributed by atoms with E-state index >= 15 is 0 Å². The number of sulfonamides is 1. The smallest absolute Gasteiger partial charge is 0.349 e. The summed E-state index contributed by atoms with van der Waals surface area (Å²) in [6, 6.07) is 1.36. The number of likely N-dealkylation sites (tertiary alicyclic amines) is 1. The molecular formula is C12H18N2O4S2. The van der Waals surface area contributed by atoms with Crippen LogP contribution in [0, 0.1) is 0 Å². The quantitative estimate of drug-likeness (QED) is 0.835. The molecule has 1 aliphatic heterocycles. The number of nitrogens with zero attached hydrogens (tertiary/aromatic N) is 1. The molecule has 0 aliphatic carbocycles. The lowest BCUT2D eigenvalue weighted by molar-refractivity contribution is 0.0602. The lowest BCUT2D eigenvalue weighted by Crippen LogP contribution is -2.43. The molecule has 0 spiro atoms. The molecule has 0 atom stereocenters. The minimum atomic E-state index is -3.68. The summed E-state index contributed by atoms with van der Waals surface area (Å²) in [5, 5.41) is 1.58. The van der Waals surface area contributed by atoms with Gasteiger partial charge in [0.25, 0.3) is 0 Å². The molecule has 8 heteroatoms. The molecule has 0 saturated carbocycles. The van der Waals surface area contributed by atoms with Crippen molar-refractivity contribution in [2.75, 3.05) is 27.2 Å². The maximum Gasteiger partial charge on any atom is 0.349 e. The molecule has 1 aromatic rings. The molecule has 0 unspecified atom stereocenters. The van der Waals surface area contributed by atoms with Crippen LogP contribution in [0.25, 0.3) is 0 Å². The van der Waals surface area contributed by atoms with E-state index in [1.807, 2.05) is 7.05 Å². The van der Waals surface area contributed by atoms with Crippen molar-refractivity contribution in [2.24, 2.45) is 0 Å². The Morgan fingerprint density at radius 2 is 2.10 bits per heavy atom. The van der Waals surface area contributed by atoms with E-state index in [-0.39, 0.29) is 15.8 Å². The minimum Gasteiger partial charge on any atom is -0.465 e. The molecule has 0 aromatic carbocycles. The van der Waals surface area contributed by atoms with Gasteiger partial charge in [-0.25, -0.2) is 17.9 Å². The summed E-state index contributed by atoms with van der Waals surface area (Å²) >= 11 is 1.07. The number of hydrogen-bond acceptors (Lipinski definition) is 6. The third-order valence-electron chi connectivity index (χ3n) is 3.33. The van der Waals surface area contributed by atoms with Crippen molar-refractivity contribution in [1.29, 1.82) is 0 Å². The molecule has 0 radical (unpaired) electrons. The average molecular weight is 318 g/mol. The van der Waals surface area contributed by atoms with Gasteiger partial charge in [0.05, 0.1) is 7.11 Å². The van der Waals surface area contributed by atoms with Crippen molar-refractivity contribution in [3.63, 3.8) is 0 Å². The number of carbonyl (C=O) groups excluding carboxylic acids is 1. The summed E-state index contributed by atoms with van der Waals surface area (Å²) in [6.07, 6.45) is 1.54. The second-order valence-corrected chi connectivity index (χ2v) is 7.40. The first-order valence-corrected chi connectivity index (χ1v) is 8.67. The fourth-order valence-electron chi connectivity index (χ4n) is 2.16. The van der Waals surface area contributed by atoms with Gasteiger partial charge < -0.3 is 9.64 Å². The van der Waals surface area contributed by atoms with Crippen LogP contribution in [0.3, 0.4) is 0 Å². The molecule has 1 saturated heterocycles. The van der Waals surface area contributed by atoms with E-state index in [4.69, 9.17) is 0 Å². The Bertz CT molecular complexity index is 574. The number of nitrogens with one attached hydrogen (secondary N) is 1. The standard InChI is InChI=1S/C12H18N2O4S2/c1-14-6-3-9(4-7-14)13-20(16,17)10-5-8-19-11(10)12(15)18-2/h5,8-9,13H,3-4,6-7H2,1-2H3. The Kier molecular flexibility index (Phi) is 4.79. The summed E-state index contributed by atoms with van der Waals surface area (Å²) in [4.78, 5) is 13.9. The van der Waals surface area contributed by atoms with Gasteiger partial charge in [0.15, 0.2) is 0 Å². The van der Waals surface area contributed by atoms with Crippen molar-refractivity contribution >= 4 is 27.3 Å². The van der Waals surface area contributed by atoms with Crippen molar-refractivity contribution < 1.29 is 17.9 Å². The Balaban J connectivity index is 2.15. The number of carbonyl (C=O) groups is 1. The number of thiophene rings is 1. The molecule has 6 nitrogen and oxygen atoms in total. The zero-order valence-electron chi connectivity index (χ0n) is 11.5. The Morgan fingerprint density at radius 3 is 2.70 bits per heavy atom. The van der Waals surface area contributed by atoms with E-state index < -0.39 is 16.0 Å².